The molecule has 1 heterocycles. The van der Waals surface area contributed by atoms with Crippen LogP contribution in [0.15, 0.2) is 88.6 Å². The number of benzene rings is 3. The monoisotopic (exact) mass is 519 g/mol. The van der Waals surface area contributed by atoms with Gasteiger partial charge in [-0.2, -0.15) is 0 Å². The topological polar surface area (TPSA) is 108 Å². The molecule has 0 N–H and O–H groups in total. The quantitative estimate of drug-likeness (QED) is 0.209. The van der Waals surface area contributed by atoms with Crippen LogP contribution in [0.25, 0.3) is 5.69 Å². The van der Waals surface area contributed by atoms with Gasteiger partial charge < -0.3 is 4.74 Å². The maximum absolute atomic E-state index is 13.5. The Balaban J connectivity index is 1.65. The number of anilines is 1. The van der Waals surface area contributed by atoms with Crippen LogP contribution < -0.4 is 14.6 Å². The minimum Gasteiger partial charge on any atom is -0.423 e. The van der Waals surface area contributed by atoms with Gasteiger partial charge in [-0.25, -0.2) is 17.9 Å². The van der Waals surface area contributed by atoms with Crippen LogP contribution in [0.3, 0.4) is 0 Å². The molecule has 3 aromatic carbocycles. The van der Waals surface area contributed by atoms with Crippen molar-refractivity contribution < 1.29 is 22.7 Å². The van der Waals surface area contributed by atoms with Gasteiger partial charge in [0.15, 0.2) is 5.78 Å². The minimum atomic E-state index is -4.21. The van der Waals surface area contributed by atoms with Crippen LogP contribution in [0, 0.1) is 6.92 Å². The van der Waals surface area contributed by atoms with E-state index in [9.17, 15) is 22.8 Å². The minimum absolute atomic E-state index is 0.00936. The summed E-state index contributed by atoms with van der Waals surface area (Å²) >= 11 is 0. The van der Waals surface area contributed by atoms with E-state index in [1.807, 2.05) is 6.07 Å². The third-order valence-electron chi connectivity index (χ3n) is 6.04. The second-order valence-corrected chi connectivity index (χ2v) is 10.3. The summed E-state index contributed by atoms with van der Waals surface area (Å²) in [5.74, 6) is -0.677. The SMILES string of the molecule is CC(=O)c1ccc(OC(=O)c2cccc(S(=O)(=O)N(C)c3c(C)n(C)n(-c4ccccc4)c3=O)c2)cc1. The molecule has 0 amide bonds. The molecule has 0 bridgehead atoms. The van der Waals surface area contributed by atoms with E-state index in [0.717, 1.165) is 4.31 Å². The molecule has 190 valence electrons. The highest BCUT2D eigenvalue weighted by molar-refractivity contribution is 7.92. The Hall–Kier alpha value is -4.44. The largest absolute Gasteiger partial charge is 0.423 e. The number of esters is 1. The van der Waals surface area contributed by atoms with E-state index in [1.165, 1.54) is 67.2 Å². The number of hydrogen-bond donors (Lipinski definition) is 0. The highest BCUT2D eigenvalue weighted by atomic mass is 32.2. The van der Waals surface area contributed by atoms with Gasteiger partial charge in [0.2, 0.25) is 0 Å². The van der Waals surface area contributed by atoms with Gasteiger partial charge in [-0.1, -0.05) is 24.3 Å². The van der Waals surface area contributed by atoms with Gasteiger partial charge in [0, 0.05) is 19.7 Å². The maximum Gasteiger partial charge on any atom is 0.343 e. The number of sulfonamides is 1. The highest BCUT2D eigenvalue weighted by Crippen LogP contribution is 2.25. The Bertz CT molecular complexity index is 1650. The van der Waals surface area contributed by atoms with Crippen LogP contribution in [0.5, 0.6) is 5.75 Å². The summed E-state index contributed by atoms with van der Waals surface area (Å²) < 4.78 is 36.3. The van der Waals surface area contributed by atoms with Gasteiger partial charge >= 0.3 is 5.97 Å². The molecule has 0 radical (unpaired) electrons. The zero-order chi connectivity index (χ0) is 26.9. The van der Waals surface area contributed by atoms with Crippen molar-refractivity contribution in [3.05, 3.63) is 106 Å². The summed E-state index contributed by atoms with van der Waals surface area (Å²) in [6.45, 7) is 3.09. The zero-order valence-corrected chi connectivity index (χ0v) is 21.5. The van der Waals surface area contributed by atoms with E-state index in [4.69, 9.17) is 4.74 Å². The van der Waals surface area contributed by atoms with Crippen LogP contribution in [0.1, 0.15) is 33.3 Å². The average Bonchev–Trinajstić information content (AvgIpc) is 3.11. The molecule has 0 fully saturated rings. The standard InChI is InChI=1S/C27H25N3O6S/c1-18-25(26(32)30(28(18)3)22-10-6-5-7-11-22)29(4)37(34,35)24-12-8-9-21(17-24)27(33)36-23-15-13-20(14-16-23)19(2)31/h5-17H,1-4H3. The van der Waals surface area contributed by atoms with Crippen LogP contribution in [0.2, 0.25) is 0 Å². The number of nitrogens with zero attached hydrogens (tertiary/aromatic N) is 3. The zero-order valence-electron chi connectivity index (χ0n) is 20.7. The fourth-order valence-corrected chi connectivity index (χ4v) is 5.20. The van der Waals surface area contributed by atoms with E-state index in [1.54, 1.807) is 42.9 Å². The third-order valence-corrected chi connectivity index (χ3v) is 7.79. The lowest BCUT2D eigenvalue weighted by atomic mass is 10.1. The van der Waals surface area contributed by atoms with E-state index in [2.05, 4.69) is 0 Å². The molecule has 0 unspecified atom stereocenters. The number of Topliss-reactive ketones (excluding diaryl/α,β-unsaturated/α-hetero) is 1. The number of ether oxygens (including phenoxy) is 1. The predicted octanol–water partition coefficient (Wildman–Crippen LogP) is 3.73. The molecule has 0 spiro atoms. The number of aromatic nitrogens is 2. The number of hydrogen-bond acceptors (Lipinski definition) is 6. The smallest absolute Gasteiger partial charge is 0.343 e. The fraction of sp³-hybridized carbons (Fsp3) is 0.148. The Morgan fingerprint density at radius 2 is 1.54 bits per heavy atom. The molecule has 9 nitrogen and oxygen atoms in total. The van der Waals surface area contributed by atoms with Crippen molar-refractivity contribution in [3.8, 4) is 11.4 Å². The molecule has 4 aromatic rings. The summed E-state index contributed by atoms with van der Waals surface area (Å²) in [5, 5.41) is 0. The van der Waals surface area contributed by atoms with E-state index in [-0.39, 0.29) is 27.7 Å². The van der Waals surface area contributed by atoms with Crippen LogP contribution >= 0.6 is 0 Å². The maximum atomic E-state index is 13.5. The van der Waals surface area contributed by atoms with Crippen LogP contribution in [0.4, 0.5) is 5.69 Å². The van der Waals surface area contributed by atoms with Crippen molar-refractivity contribution in [1.82, 2.24) is 9.36 Å². The molecule has 0 aliphatic heterocycles. The normalized spacial score (nSPS) is 11.2. The molecule has 4 rings (SSSR count). The summed E-state index contributed by atoms with van der Waals surface area (Å²) in [7, 11) is -1.23. The molecular formula is C27H25N3O6S. The van der Waals surface area contributed by atoms with E-state index in [0.29, 0.717) is 16.9 Å². The molecule has 0 atom stereocenters. The number of carbonyl (C=O) groups is 2. The highest BCUT2D eigenvalue weighted by Gasteiger charge is 2.29. The van der Waals surface area contributed by atoms with Gasteiger partial charge in [0.05, 0.1) is 21.8 Å². The lowest BCUT2D eigenvalue weighted by molar-refractivity contribution is 0.0734. The van der Waals surface area contributed by atoms with Crippen molar-refractivity contribution in [1.29, 1.82) is 0 Å². The van der Waals surface area contributed by atoms with E-state index < -0.39 is 21.6 Å². The summed E-state index contributed by atoms with van der Waals surface area (Å²) in [6.07, 6.45) is 0. The Labute approximate surface area is 214 Å². The number of para-hydroxylation sites is 1. The van der Waals surface area contributed by atoms with E-state index >= 15 is 0 Å². The lowest BCUT2D eigenvalue weighted by Crippen LogP contribution is -2.32. The second-order valence-electron chi connectivity index (χ2n) is 8.38. The van der Waals surface area contributed by atoms with Crippen LogP contribution in [-0.2, 0) is 17.1 Å². The van der Waals surface area contributed by atoms with Crippen molar-refractivity contribution in [3.63, 3.8) is 0 Å². The molecule has 1 aromatic heterocycles. The molecule has 0 saturated carbocycles. The van der Waals surface area contributed by atoms with Gasteiger partial charge in [0.25, 0.3) is 15.6 Å². The lowest BCUT2D eigenvalue weighted by Gasteiger charge is -2.18. The predicted molar refractivity (Wildman–Crippen MR) is 139 cm³/mol. The van der Waals surface area contributed by atoms with Crippen molar-refractivity contribution in [2.45, 2.75) is 18.7 Å². The summed E-state index contributed by atoms with van der Waals surface area (Å²) in [6, 6.07) is 20.3. The number of carbonyl (C=O) groups excluding carboxylic acids is 2. The first-order valence-electron chi connectivity index (χ1n) is 11.3. The number of ketones is 1. The Morgan fingerprint density at radius 1 is 0.892 bits per heavy atom. The van der Waals surface area contributed by atoms with Crippen LogP contribution in [-0.4, -0.2) is 36.6 Å². The first-order valence-corrected chi connectivity index (χ1v) is 12.7. The first kappa shape index (κ1) is 25.6. The van der Waals surface area contributed by atoms with Crippen molar-refractivity contribution in [2.75, 3.05) is 11.4 Å². The van der Waals surface area contributed by atoms with Gasteiger partial charge in [-0.15, -0.1) is 0 Å². The van der Waals surface area contributed by atoms with Gasteiger partial charge in [-0.05, 0) is 68.4 Å². The van der Waals surface area contributed by atoms with Crippen molar-refractivity contribution >= 4 is 27.5 Å². The first-order chi connectivity index (χ1) is 17.5. The molecular weight excluding hydrogens is 494 g/mol. The fourth-order valence-electron chi connectivity index (χ4n) is 3.90. The molecule has 0 aliphatic rings. The van der Waals surface area contributed by atoms with Crippen molar-refractivity contribution in [2.24, 2.45) is 7.05 Å². The molecule has 10 heteroatoms. The number of rotatable bonds is 7. The third kappa shape index (κ3) is 4.83. The molecule has 0 aliphatic carbocycles. The summed E-state index contributed by atoms with van der Waals surface area (Å²) in [5.41, 5.74) is 1.02. The summed E-state index contributed by atoms with van der Waals surface area (Å²) in [4.78, 5) is 37.3. The Kier molecular flexibility index (Phi) is 6.86. The van der Waals surface area contributed by atoms with Gasteiger partial charge in [0.1, 0.15) is 11.4 Å². The molecule has 0 saturated heterocycles. The van der Waals surface area contributed by atoms with Gasteiger partial charge in [-0.3, -0.25) is 18.6 Å². The Morgan fingerprint density at radius 3 is 2.16 bits per heavy atom. The average molecular weight is 520 g/mol. The molecule has 37 heavy (non-hydrogen) atoms. The second kappa shape index (κ2) is 9.90.